The first kappa shape index (κ1) is 28.5. The molecule has 212 valence electrons. The molecule has 11 nitrogen and oxygen atoms in total. The summed E-state index contributed by atoms with van der Waals surface area (Å²) in [5.74, 6) is -2.74. The molecule has 0 aliphatic rings. The van der Waals surface area contributed by atoms with Crippen molar-refractivity contribution in [2.75, 3.05) is 11.8 Å². The van der Waals surface area contributed by atoms with Crippen molar-refractivity contribution >= 4 is 32.7 Å². The summed E-state index contributed by atoms with van der Waals surface area (Å²) >= 11 is 0. The minimum atomic E-state index is -4.28. The summed E-state index contributed by atoms with van der Waals surface area (Å²) in [6, 6.07) is 7.41. The summed E-state index contributed by atoms with van der Waals surface area (Å²) in [7, 11) is -2.96. The van der Waals surface area contributed by atoms with E-state index in [4.69, 9.17) is 9.26 Å². The van der Waals surface area contributed by atoms with E-state index in [9.17, 15) is 26.4 Å². The first-order chi connectivity index (χ1) is 19.0. The van der Waals surface area contributed by atoms with E-state index >= 15 is 0 Å². The number of carbonyl (C=O) groups is 1. The zero-order chi connectivity index (χ0) is 29.0. The van der Waals surface area contributed by atoms with E-state index in [0.29, 0.717) is 17.5 Å². The normalized spacial score (nSPS) is 11.6. The molecule has 1 amide bonds. The maximum absolute atomic E-state index is 13.3. The van der Waals surface area contributed by atoms with Crippen LogP contribution >= 0.6 is 0 Å². The van der Waals surface area contributed by atoms with Crippen LogP contribution in [0.2, 0.25) is 0 Å². The lowest BCUT2D eigenvalue weighted by molar-refractivity contribution is -0.119. The molecule has 0 fully saturated rings. The number of alkyl halides is 2. The van der Waals surface area contributed by atoms with Crippen LogP contribution in [0.3, 0.4) is 0 Å². The average Bonchev–Trinajstić information content (AvgIpc) is 3.52. The molecule has 0 spiro atoms. The third kappa shape index (κ3) is 6.36. The van der Waals surface area contributed by atoms with Crippen molar-refractivity contribution < 1.29 is 40.4 Å². The fourth-order valence-corrected chi connectivity index (χ4v) is 5.05. The first-order valence-corrected chi connectivity index (χ1v) is 13.2. The van der Waals surface area contributed by atoms with Gasteiger partial charge < -0.3 is 19.3 Å². The Balaban J connectivity index is 1.64. The van der Waals surface area contributed by atoms with Crippen molar-refractivity contribution in [1.82, 2.24) is 20.3 Å². The Kier molecular flexibility index (Phi) is 8.32. The average molecular weight is 580 g/mol. The molecular weight excluding hydrogens is 555 g/mol. The maximum atomic E-state index is 13.3. The number of rotatable bonds is 12. The van der Waals surface area contributed by atoms with E-state index in [1.54, 1.807) is 12.3 Å². The van der Waals surface area contributed by atoms with Gasteiger partial charge in [0.15, 0.2) is 17.2 Å². The van der Waals surface area contributed by atoms with Gasteiger partial charge in [-0.05, 0) is 41.8 Å². The monoisotopic (exact) mass is 579 g/mol. The van der Waals surface area contributed by atoms with Crippen LogP contribution in [-0.2, 0) is 34.3 Å². The minimum Gasteiger partial charge on any atom is -0.495 e. The Morgan fingerprint density at radius 3 is 2.62 bits per heavy atom. The largest absolute Gasteiger partial charge is 0.495 e. The van der Waals surface area contributed by atoms with Crippen LogP contribution in [0, 0.1) is 0 Å². The summed E-state index contributed by atoms with van der Waals surface area (Å²) in [6.45, 7) is 1.58. The highest BCUT2D eigenvalue weighted by Gasteiger charge is 2.26. The van der Waals surface area contributed by atoms with Crippen LogP contribution in [0.4, 0.5) is 19.0 Å². The number of sulfonamides is 1. The minimum absolute atomic E-state index is 0.0158. The molecule has 0 aliphatic heterocycles. The van der Waals surface area contributed by atoms with Crippen LogP contribution in [0.1, 0.15) is 23.6 Å². The molecule has 0 aliphatic carbocycles. The van der Waals surface area contributed by atoms with Gasteiger partial charge in [0.2, 0.25) is 0 Å². The second-order valence-corrected chi connectivity index (χ2v) is 10.1. The molecule has 2 aromatic carbocycles. The third-order valence-electron chi connectivity index (χ3n) is 5.70. The number of anilines is 1. The van der Waals surface area contributed by atoms with E-state index in [0.717, 1.165) is 5.56 Å². The van der Waals surface area contributed by atoms with Gasteiger partial charge in [-0.2, -0.15) is 13.9 Å². The van der Waals surface area contributed by atoms with Gasteiger partial charge in [0.1, 0.15) is 21.8 Å². The maximum Gasteiger partial charge on any atom is 0.387 e. The summed E-state index contributed by atoms with van der Waals surface area (Å²) in [6.07, 6.45) is 3.55. The third-order valence-corrected chi connectivity index (χ3v) is 7.06. The van der Waals surface area contributed by atoms with Gasteiger partial charge in [-0.15, -0.1) is 0 Å². The molecule has 0 atom stereocenters. The highest BCUT2D eigenvalue weighted by molar-refractivity contribution is 7.92. The molecule has 15 heteroatoms. The SMILES string of the molecule is C=C(F)C(=O)NCc1cnn(Cc2cc(OC(F)F)c3c(NS(=O)(=O)c4cc(CC)ccc4OC)noc3c2)c1. The second kappa shape index (κ2) is 11.7. The first-order valence-electron chi connectivity index (χ1n) is 11.7. The number of methoxy groups -OCH3 is 1. The predicted octanol–water partition coefficient (Wildman–Crippen LogP) is 4.15. The molecule has 0 bridgehead atoms. The number of fused-ring (bicyclic) bond motifs is 1. The van der Waals surface area contributed by atoms with Crippen molar-refractivity contribution in [2.45, 2.75) is 37.9 Å². The number of hydrogen-bond acceptors (Lipinski definition) is 8. The lowest BCUT2D eigenvalue weighted by atomic mass is 10.1. The van der Waals surface area contributed by atoms with Crippen LogP contribution in [0.25, 0.3) is 11.0 Å². The van der Waals surface area contributed by atoms with Crippen LogP contribution in [0.15, 0.2) is 64.5 Å². The number of carbonyl (C=O) groups excluding carboxylic acids is 1. The van der Waals surface area contributed by atoms with Crippen molar-refractivity contribution in [3.05, 3.63) is 71.8 Å². The quantitative estimate of drug-likeness (QED) is 0.239. The number of aryl methyl sites for hydroxylation is 1. The van der Waals surface area contributed by atoms with Crippen molar-refractivity contribution in [3.8, 4) is 11.5 Å². The molecule has 2 heterocycles. The van der Waals surface area contributed by atoms with Gasteiger partial charge in [0, 0.05) is 18.3 Å². The summed E-state index contributed by atoms with van der Waals surface area (Å²) in [5.41, 5.74) is 1.65. The lowest BCUT2D eigenvalue weighted by Gasteiger charge is -2.13. The molecule has 0 unspecified atom stereocenters. The summed E-state index contributed by atoms with van der Waals surface area (Å²) in [5, 5.41) is 10.1. The Morgan fingerprint density at radius 2 is 1.95 bits per heavy atom. The van der Waals surface area contributed by atoms with Crippen molar-refractivity contribution in [3.63, 3.8) is 0 Å². The molecular formula is C25H24F3N5O6S. The fraction of sp³-hybridized carbons (Fsp3) is 0.240. The highest BCUT2D eigenvalue weighted by Crippen LogP contribution is 2.37. The van der Waals surface area contributed by atoms with Gasteiger partial charge >= 0.3 is 6.61 Å². The Morgan fingerprint density at radius 1 is 1.18 bits per heavy atom. The number of amides is 1. The number of nitrogens with one attached hydrogen (secondary N) is 2. The Hall–Kier alpha value is -4.53. The van der Waals surface area contributed by atoms with Crippen LogP contribution in [0.5, 0.6) is 11.5 Å². The molecule has 0 saturated carbocycles. The fourth-order valence-electron chi connectivity index (χ4n) is 3.82. The second-order valence-electron chi connectivity index (χ2n) is 8.45. The topological polar surface area (TPSA) is 138 Å². The number of ether oxygens (including phenoxy) is 2. The van der Waals surface area contributed by atoms with Crippen molar-refractivity contribution in [2.24, 2.45) is 0 Å². The highest BCUT2D eigenvalue weighted by atomic mass is 32.2. The molecule has 4 rings (SSSR count). The number of benzene rings is 2. The molecule has 40 heavy (non-hydrogen) atoms. The Bertz CT molecular complexity index is 1670. The van der Waals surface area contributed by atoms with Gasteiger partial charge in [-0.25, -0.2) is 12.8 Å². The van der Waals surface area contributed by atoms with E-state index in [-0.39, 0.29) is 46.3 Å². The number of aromatic nitrogens is 3. The summed E-state index contributed by atoms with van der Waals surface area (Å²) < 4.78 is 84.8. The van der Waals surface area contributed by atoms with E-state index in [2.05, 4.69) is 31.6 Å². The van der Waals surface area contributed by atoms with E-state index in [1.165, 1.54) is 42.3 Å². The molecule has 2 N–H and O–H groups in total. The number of nitrogens with zero attached hydrogens (tertiary/aromatic N) is 3. The summed E-state index contributed by atoms with van der Waals surface area (Å²) in [4.78, 5) is 11.2. The number of hydrogen-bond donors (Lipinski definition) is 2. The van der Waals surface area contributed by atoms with E-state index in [1.807, 2.05) is 6.92 Å². The molecule has 4 aromatic rings. The Labute approximate surface area is 226 Å². The zero-order valence-corrected chi connectivity index (χ0v) is 22.1. The van der Waals surface area contributed by atoms with Gasteiger partial charge in [0.05, 0.1) is 19.9 Å². The molecule has 2 aromatic heterocycles. The van der Waals surface area contributed by atoms with Gasteiger partial charge in [0.25, 0.3) is 15.9 Å². The molecule has 0 radical (unpaired) electrons. The zero-order valence-electron chi connectivity index (χ0n) is 21.3. The van der Waals surface area contributed by atoms with E-state index < -0.39 is 28.4 Å². The van der Waals surface area contributed by atoms with Gasteiger partial charge in [-0.3, -0.25) is 14.2 Å². The van der Waals surface area contributed by atoms with Crippen LogP contribution in [-0.4, -0.2) is 43.0 Å². The number of halogens is 3. The standard InChI is InChI=1S/C25H24F3N5O6S/c1-4-15-5-6-18(37-3)21(9-15)40(35,36)32-23-22-19(38-25(27)28)7-16(8-20(22)39-31-23)12-33-13-17(11-30-33)10-29-24(34)14(2)26/h5-9,11,13,25H,2,4,10,12H2,1,3H3,(H,29,34)(H,31,32). The van der Waals surface area contributed by atoms with Gasteiger partial charge in [-0.1, -0.05) is 24.7 Å². The van der Waals surface area contributed by atoms with Crippen LogP contribution < -0.4 is 19.5 Å². The van der Waals surface area contributed by atoms with Crippen molar-refractivity contribution in [1.29, 1.82) is 0 Å². The smallest absolute Gasteiger partial charge is 0.387 e. The molecule has 0 saturated heterocycles. The predicted molar refractivity (Wildman–Crippen MR) is 137 cm³/mol. The lowest BCUT2D eigenvalue weighted by Crippen LogP contribution is -2.22.